The molecule has 1 aromatic rings. The Kier molecular flexibility index (Phi) is 3.77. The van der Waals surface area contributed by atoms with E-state index in [0.717, 1.165) is 25.2 Å². The van der Waals surface area contributed by atoms with Gasteiger partial charge < -0.3 is 10.5 Å². The van der Waals surface area contributed by atoms with Gasteiger partial charge in [0.25, 0.3) is 0 Å². The summed E-state index contributed by atoms with van der Waals surface area (Å²) in [6.45, 7) is 2.78. The molecular formula is C12H19N3O. The number of rotatable bonds is 4. The molecule has 0 bridgehead atoms. The van der Waals surface area contributed by atoms with Crippen molar-refractivity contribution in [2.24, 2.45) is 5.73 Å². The minimum Gasteiger partial charge on any atom is -0.493 e. The maximum Gasteiger partial charge on any atom is 0.122 e. The molecule has 1 heterocycles. The molecule has 0 spiro atoms. The third kappa shape index (κ3) is 2.95. The number of benzene rings is 1. The van der Waals surface area contributed by atoms with E-state index in [1.54, 1.807) is 0 Å². The number of ether oxygens (including phenoxy) is 1. The molecule has 1 saturated heterocycles. The minimum atomic E-state index is 0.0726. The quantitative estimate of drug-likeness (QED) is 0.707. The van der Waals surface area contributed by atoms with E-state index in [-0.39, 0.29) is 6.17 Å². The smallest absolute Gasteiger partial charge is 0.122 e. The summed E-state index contributed by atoms with van der Waals surface area (Å²) in [6.07, 6.45) is 2.00. The lowest BCUT2D eigenvalue weighted by Gasteiger charge is -2.11. The highest BCUT2D eigenvalue weighted by molar-refractivity contribution is 5.31. The van der Waals surface area contributed by atoms with Crippen LogP contribution < -0.4 is 21.3 Å². The fourth-order valence-corrected chi connectivity index (χ4v) is 1.87. The van der Waals surface area contributed by atoms with Crippen molar-refractivity contribution in [3.05, 3.63) is 29.8 Å². The van der Waals surface area contributed by atoms with Gasteiger partial charge in [-0.1, -0.05) is 18.2 Å². The van der Waals surface area contributed by atoms with E-state index in [2.05, 4.69) is 23.8 Å². The van der Waals surface area contributed by atoms with Gasteiger partial charge in [-0.3, -0.25) is 5.43 Å². The van der Waals surface area contributed by atoms with Gasteiger partial charge >= 0.3 is 0 Å². The maximum atomic E-state index is 5.73. The van der Waals surface area contributed by atoms with Gasteiger partial charge in [0.1, 0.15) is 5.75 Å². The molecule has 1 aromatic carbocycles. The van der Waals surface area contributed by atoms with E-state index >= 15 is 0 Å². The Labute approximate surface area is 96.1 Å². The van der Waals surface area contributed by atoms with E-state index in [1.807, 2.05) is 18.2 Å². The van der Waals surface area contributed by atoms with E-state index in [1.165, 1.54) is 5.56 Å². The average molecular weight is 221 g/mol. The topological polar surface area (TPSA) is 59.3 Å². The first-order valence-electron chi connectivity index (χ1n) is 5.71. The lowest BCUT2D eigenvalue weighted by molar-refractivity contribution is 0.288. The number of aryl methyl sites for hydroxylation is 1. The SMILES string of the molecule is Cc1ccccc1OCCC1CC(N)NN1. The normalized spacial score (nSPS) is 24.6. The molecule has 1 fully saturated rings. The van der Waals surface area contributed by atoms with Crippen molar-refractivity contribution < 1.29 is 4.74 Å². The first-order chi connectivity index (χ1) is 7.75. The summed E-state index contributed by atoms with van der Waals surface area (Å²) < 4.78 is 5.73. The summed E-state index contributed by atoms with van der Waals surface area (Å²) in [5.74, 6) is 0.970. The fourth-order valence-electron chi connectivity index (χ4n) is 1.87. The van der Waals surface area contributed by atoms with Gasteiger partial charge in [0, 0.05) is 6.04 Å². The van der Waals surface area contributed by atoms with Crippen LogP contribution in [0.4, 0.5) is 0 Å². The second-order valence-electron chi connectivity index (χ2n) is 4.23. The van der Waals surface area contributed by atoms with Crippen LogP contribution in [-0.2, 0) is 0 Å². The minimum absolute atomic E-state index is 0.0726. The highest BCUT2D eigenvalue weighted by atomic mass is 16.5. The van der Waals surface area contributed by atoms with Gasteiger partial charge in [0.05, 0.1) is 12.8 Å². The van der Waals surface area contributed by atoms with Crippen LogP contribution in [0.2, 0.25) is 0 Å². The summed E-state index contributed by atoms with van der Waals surface area (Å²) >= 11 is 0. The molecule has 1 aliphatic rings. The van der Waals surface area contributed by atoms with Crippen molar-refractivity contribution in [3.8, 4) is 5.75 Å². The molecule has 0 aliphatic carbocycles. The molecular weight excluding hydrogens is 202 g/mol. The van der Waals surface area contributed by atoms with Crippen molar-refractivity contribution in [3.63, 3.8) is 0 Å². The summed E-state index contributed by atoms with van der Waals surface area (Å²) in [4.78, 5) is 0. The highest BCUT2D eigenvalue weighted by Crippen LogP contribution is 2.16. The molecule has 0 aromatic heterocycles. The Bertz CT molecular complexity index is 343. The van der Waals surface area contributed by atoms with E-state index in [4.69, 9.17) is 10.5 Å². The van der Waals surface area contributed by atoms with Gasteiger partial charge in [-0.05, 0) is 31.4 Å². The molecule has 4 heteroatoms. The van der Waals surface area contributed by atoms with Gasteiger partial charge in [0.2, 0.25) is 0 Å². The van der Waals surface area contributed by atoms with Gasteiger partial charge in [-0.2, -0.15) is 0 Å². The van der Waals surface area contributed by atoms with E-state index < -0.39 is 0 Å². The van der Waals surface area contributed by atoms with Crippen LogP contribution in [0.3, 0.4) is 0 Å². The zero-order valence-electron chi connectivity index (χ0n) is 9.57. The second kappa shape index (κ2) is 5.30. The zero-order chi connectivity index (χ0) is 11.4. The molecule has 0 radical (unpaired) electrons. The molecule has 1 aliphatic heterocycles. The Morgan fingerprint density at radius 2 is 2.19 bits per heavy atom. The lowest BCUT2D eigenvalue weighted by atomic mass is 10.1. The second-order valence-corrected chi connectivity index (χ2v) is 4.23. The lowest BCUT2D eigenvalue weighted by Crippen LogP contribution is -2.37. The molecule has 16 heavy (non-hydrogen) atoms. The van der Waals surface area contributed by atoms with Crippen molar-refractivity contribution in [1.29, 1.82) is 0 Å². The van der Waals surface area contributed by atoms with Gasteiger partial charge in [-0.25, -0.2) is 5.43 Å². The molecule has 0 amide bonds. The van der Waals surface area contributed by atoms with Crippen molar-refractivity contribution >= 4 is 0 Å². The molecule has 88 valence electrons. The first-order valence-corrected chi connectivity index (χ1v) is 5.71. The van der Waals surface area contributed by atoms with Gasteiger partial charge in [-0.15, -0.1) is 0 Å². The first kappa shape index (κ1) is 11.4. The molecule has 4 N–H and O–H groups in total. The van der Waals surface area contributed by atoms with Crippen LogP contribution in [-0.4, -0.2) is 18.8 Å². The number of para-hydroxylation sites is 1. The number of nitrogens with two attached hydrogens (primary N) is 1. The van der Waals surface area contributed by atoms with E-state index in [9.17, 15) is 0 Å². The van der Waals surface area contributed by atoms with E-state index in [0.29, 0.717) is 6.04 Å². The third-order valence-corrected chi connectivity index (χ3v) is 2.83. The number of nitrogens with one attached hydrogen (secondary N) is 2. The third-order valence-electron chi connectivity index (χ3n) is 2.83. The average Bonchev–Trinajstić information content (AvgIpc) is 2.67. The van der Waals surface area contributed by atoms with Crippen LogP contribution in [0.1, 0.15) is 18.4 Å². The summed E-state index contributed by atoms with van der Waals surface area (Å²) in [5, 5.41) is 0. The van der Waals surface area contributed by atoms with Crippen LogP contribution in [0.25, 0.3) is 0 Å². The Hall–Kier alpha value is -1.10. The van der Waals surface area contributed by atoms with Crippen LogP contribution in [0.5, 0.6) is 5.75 Å². The molecule has 0 saturated carbocycles. The zero-order valence-corrected chi connectivity index (χ0v) is 9.57. The largest absolute Gasteiger partial charge is 0.493 e. The predicted octanol–water partition coefficient (Wildman–Crippen LogP) is 0.915. The fraction of sp³-hybridized carbons (Fsp3) is 0.500. The van der Waals surface area contributed by atoms with Crippen LogP contribution in [0, 0.1) is 6.92 Å². The summed E-state index contributed by atoms with van der Waals surface area (Å²) in [6, 6.07) is 8.48. The predicted molar refractivity (Wildman–Crippen MR) is 63.9 cm³/mol. The summed E-state index contributed by atoms with van der Waals surface area (Å²) in [5.41, 5.74) is 13.0. The van der Waals surface area contributed by atoms with Crippen molar-refractivity contribution in [1.82, 2.24) is 10.9 Å². The van der Waals surface area contributed by atoms with Crippen LogP contribution >= 0.6 is 0 Å². The Balaban J connectivity index is 1.74. The number of hydrogen-bond acceptors (Lipinski definition) is 4. The molecule has 4 nitrogen and oxygen atoms in total. The monoisotopic (exact) mass is 221 g/mol. The molecule has 2 atom stereocenters. The van der Waals surface area contributed by atoms with Crippen molar-refractivity contribution in [2.75, 3.05) is 6.61 Å². The Morgan fingerprint density at radius 1 is 1.38 bits per heavy atom. The maximum absolute atomic E-state index is 5.73. The number of hydrazine groups is 1. The Morgan fingerprint density at radius 3 is 2.88 bits per heavy atom. The highest BCUT2D eigenvalue weighted by Gasteiger charge is 2.19. The molecule has 2 unspecified atom stereocenters. The number of hydrogen-bond donors (Lipinski definition) is 3. The molecule has 2 rings (SSSR count). The van der Waals surface area contributed by atoms with Gasteiger partial charge in [0.15, 0.2) is 0 Å². The van der Waals surface area contributed by atoms with Crippen LogP contribution in [0.15, 0.2) is 24.3 Å². The standard InChI is InChI=1S/C12H19N3O/c1-9-4-2-3-5-11(9)16-7-6-10-8-12(13)15-14-10/h2-5,10,12,14-15H,6-8,13H2,1H3. The van der Waals surface area contributed by atoms with Crippen molar-refractivity contribution in [2.45, 2.75) is 32.0 Å². The summed E-state index contributed by atoms with van der Waals surface area (Å²) in [7, 11) is 0.